The summed E-state index contributed by atoms with van der Waals surface area (Å²) in [5.41, 5.74) is 0.170. The van der Waals surface area contributed by atoms with Crippen LogP contribution in [0.2, 0.25) is 0 Å². The van der Waals surface area contributed by atoms with Crippen LogP contribution in [0.15, 0.2) is 29.2 Å². The zero-order valence-electron chi connectivity index (χ0n) is 15.7. The largest absolute Gasteiger partial charge is 0.326 e. The lowest BCUT2D eigenvalue weighted by Gasteiger charge is -2.34. The van der Waals surface area contributed by atoms with Crippen LogP contribution in [0.1, 0.15) is 59.8 Å². The fourth-order valence-corrected chi connectivity index (χ4v) is 4.77. The number of piperidine rings is 1. The second-order valence-electron chi connectivity index (χ2n) is 7.39. The van der Waals surface area contributed by atoms with Crippen LogP contribution in [-0.4, -0.2) is 31.2 Å². The molecule has 0 aliphatic carbocycles. The Morgan fingerprint density at radius 3 is 2.40 bits per heavy atom. The Morgan fingerprint density at radius 1 is 1.20 bits per heavy atom. The summed E-state index contributed by atoms with van der Waals surface area (Å²) in [6, 6.07) is 6.60. The van der Waals surface area contributed by atoms with Gasteiger partial charge in [0.15, 0.2) is 0 Å². The second kappa shape index (κ2) is 7.87. The number of nitrogens with one attached hydrogen (secondary N) is 1. The van der Waals surface area contributed by atoms with Crippen molar-refractivity contribution in [3.63, 3.8) is 0 Å². The van der Waals surface area contributed by atoms with Gasteiger partial charge in [-0.2, -0.15) is 4.31 Å². The van der Waals surface area contributed by atoms with Crippen molar-refractivity contribution in [2.45, 2.75) is 70.7 Å². The van der Waals surface area contributed by atoms with E-state index in [0.717, 1.165) is 32.1 Å². The minimum atomic E-state index is -3.48. The molecule has 0 saturated carbocycles. The van der Waals surface area contributed by atoms with Gasteiger partial charge < -0.3 is 5.32 Å². The second-order valence-corrected chi connectivity index (χ2v) is 9.28. The smallest absolute Gasteiger partial charge is 0.243 e. The average molecular weight is 367 g/mol. The molecular weight excluding hydrogens is 336 g/mol. The molecule has 1 fully saturated rings. The van der Waals surface area contributed by atoms with Crippen molar-refractivity contribution in [3.8, 4) is 0 Å². The third-order valence-electron chi connectivity index (χ3n) is 5.26. The molecule has 0 radical (unpaired) electrons. The number of anilines is 1. The Balaban J connectivity index is 2.17. The summed E-state index contributed by atoms with van der Waals surface area (Å²) >= 11 is 0. The first-order chi connectivity index (χ1) is 11.7. The maximum absolute atomic E-state index is 12.9. The van der Waals surface area contributed by atoms with Gasteiger partial charge in [-0.25, -0.2) is 8.42 Å². The number of carbonyl (C=O) groups is 1. The number of sulfonamides is 1. The summed E-state index contributed by atoms with van der Waals surface area (Å²) in [6.07, 6.45) is 4.49. The zero-order chi connectivity index (χ0) is 18.7. The third-order valence-corrected chi connectivity index (χ3v) is 7.23. The SMILES string of the molecule is CCC1CCCCN1S(=O)(=O)c1ccc(NC(=O)C(C)(C)CC)cc1. The molecule has 5 nitrogen and oxygen atoms in total. The van der Waals surface area contributed by atoms with Gasteiger partial charge in [0.2, 0.25) is 15.9 Å². The summed E-state index contributed by atoms with van der Waals surface area (Å²) in [7, 11) is -3.48. The van der Waals surface area contributed by atoms with Crippen LogP contribution in [0.5, 0.6) is 0 Å². The van der Waals surface area contributed by atoms with Crippen LogP contribution in [0, 0.1) is 5.41 Å². The summed E-state index contributed by atoms with van der Waals surface area (Å²) in [5.74, 6) is -0.0623. The third kappa shape index (κ3) is 4.42. The molecule has 1 heterocycles. The number of hydrogen-bond acceptors (Lipinski definition) is 3. The number of hydrogen-bond donors (Lipinski definition) is 1. The van der Waals surface area contributed by atoms with E-state index >= 15 is 0 Å². The predicted octanol–water partition coefficient (Wildman–Crippen LogP) is 4.01. The van der Waals surface area contributed by atoms with Crippen LogP contribution >= 0.6 is 0 Å². The Morgan fingerprint density at radius 2 is 1.84 bits per heavy atom. The highest BCUT2D eigenvalue weighted by Crippen LogP contribution is 2.28. The van der Waals surface area contributed by atoms with E-state index in [-0.39, 0.29) is 11.9 Å². The predicted molar refractivity (Wildman–Crippen MR) is 101 cm³/mol. The van der Waals surface area contributed by atoms with Gasteiger partial charge in [-0.1, -0.05) is 34.1 Å². The van der Waals surface area contributed by atoms with Crippen molar-refractivity contribution in [3.05, 3.63) is 24.3 Å². The lowest BCUT2D eigenvalue weighted by atomic mass is 9.89. The van der Waals surface area contributed by atoms with Crippen LogP contribution in [0.25, 0.3) is 0 Å². The molecule has 1 N–H and O–H groups in total. The van der Waals surface area contributed by atoms with Gasteiger partial charge in [0.25, 0.3) is 0 Å². The summed E-state index contributed by atoms with van der Waals surface area (Å²) < 4.78 is 27.5. The van der Waals surface area contributed by atoms with Gasteiger partial charge in [0, 0.05) is 23.7 Å². The Labute approximate surface area is 151 Å². The monoisotopic (exact) mass is 366 g/mol. The minimum absolute atomic E-state index is 0.0623. The first-order valence-electron chi connectivity index (χ1n) is 9.15. The molecule has 1 aliphatic rings. The van der Waals surface area contributed by atoms with Gasteiger partial charge >= 0.3 is 0 Å². The standard InChI is InChI=1S/C19H30N2O3S/c1-5-16-9-7-8-14-21(16)25(23,24)17-12-10-15(11-13-17)20-18(22)19(3,4)6-2/h10-13,16H,5-9,14H2,1-4H3,(H,20,22). The lowest BCUT2D eigenvalue weighted by molar-refractivity contribution is -0.124. The van der Waals surface area contributed by atoms with Gasteiger partial charge in [-0.3, -0.25) is 4.79 Å². The summed E-state index contributed by atoms with van der Waals surface area (Å²) in [5, 5.41) is 2.86. The molecular formula is C19H30N2O3S. The molecule has 2 rings (SSSR count). The first kappa shape index (κ1) is 19.9. The van der Waals surface area contributed by atoms with Crippen molar-refractivity contribution in [1.29, 1.82) is 0 Å². The van der Waals surface area contributed by atoms with E-state index in [0.29, 0.717) is 17.1 Å². The molecule has 0 spiro atoms. The lowest BCUT2D eigenvalue weighted by Crippen LogP contribution is -2.43. The molecule has 6 heteroatoms. The van der Waals surface area contributed by atoms with Crippen molar-refractivity contribution in [2.24, 2.45) is 5.41 Å². The minimum Gasteiger partial charge on any atom is -0.326 e. The molecule has 0 bridgehead atoms. The molecule has 1 unspecified atom stereocenters. The van der Waals surface area contributed by atoms with E-state index in [4.69, 9.17) is 0 Å². The highest BCUT2D eigenvalue weighted by molar-refractivity contribution is 7.89. The van der Waals surface area contributed by atoms with Crippen molar-refractivity contribution in [2.75, 3.05) is 11.9 Å². The number of amides is 1. The molecule has 0 aromatic heterocycles. The van der Waals surface area contributed by atoms with Crippen molar-refractivity contribution >= 4 is 21.6 Å². The van der Waals surface area contributed by atoms with E-state index in [9.17, 15) is 13.2 Å². The highest BCUT2D eigenvalue weighted by Gasteiger charge is 2.32. The average Bonchev–Trinajstić information content (AvgIpc) is 2.62. The number of nitrogens with zero attached hydrogens (tertiary/aromatic N) is 1. The van der Waals surface area contributed by atoms with Gasteiger partial charge in [-0.15, -0.1) is 0 Å². The maximum Gasteiger partial charge on any atom is 0.243 e. The number of rotatable bonds is 6. The number of benzene rings is 1. The topological polar surface area (TPSA) is 66.5 Å². The van der Waals surface area contributed by atoms with Gasteiger partial charge in [-0.05, 0) is 49.9 Å². The van der Waals surface area contributed by atoms with E-state index in [1.807, 2.05) is 27.7 Å². The highest BCUT2D eigenvalue weighted by atomic mass is 32.2. The van der Waals surface area contributed by atoms with Crippen molar-refractivity contribution in [1.82, 2.24) is 4.31 Å². The quantitative estimate of drug-likeness (QED) is 0.827. The molecule has 1 amide bonds. The molecule has 1 aliphatic heterocycles. The van der Waals surface area contributed by atoms with Crippen LogP contribution < -0.4 is 5.32 Å². The first-order valence-corrected chi connectivity index (χ1v) is 10.6. The number of carbonyl (C=O) groups excluding carboxylic acids is 1. The summed E-state index contributed by atoms with van der Waals surface area (Å²) in [4.78, 5) is 12.5. The Hall–Kier alpha value is -1.40. The Kier molecular flexibility index (Phi) is 6.27. The van der Waals surface area contributed by atoms with E-state index in [1.54, 1.807) is 28.6 Å². The fraction of sp³-hybridized carbons (Fsp3) is 0.632. The molecule has 140 valence electrons. The summed E-state index contributed by atoms with van der Waals surface area (Å²) in [6.45, 7) is 8.37. The molecule has 1 aromatic rings. The zero-order valence-corrected chi connectivity index (χ0v) is 16.5. The van der Waals surface area contributed by atoms with E-state index < -0.39 is 15.4 Å². The molecule has 25 heavy (non-hydrogen) atoms. The van der Waals surface area contributed by atoms with E-state index in [1.165, 1.54) is 0 Å². The molecule has 1 aromatic carbocycles. The fourth-order valence-electron chi connectivity index (χ4n) is 3.00. The van der Waals surface area contributed by atoms with E-state index in [2.05, 4.69) is 5.32 Å². The van der Waals surface area contributed by atoms with Crippen LogP contribution in [0.3, 0.4) is 0 Å². The molecule has 1 saturated heterocycles. The van der Waals surface area contributed by atoms with Crippen molar-refractivity contribution < 1.29 is 13.2 Å². The maximum atomic E-state index is 12.9. The van der Waals surface area contributed by atoms with Crippen LogP contribution in [0.4, 0.5) is 5.69 Å². The van der Waals surface area contributed by atoms with Crippen LogP contribution in [-0.2, 0) is 14.8 Å². The normalized spacial score (nSPS) is 19.6. The Bertz CT molecular complexity index is 696. The van der Waals surface area contributed by atoms with Gasteiger partial charge in [0.05, 0.1) is 4.90 Å². The molecule has 1 atom stereocenters. The van der Waals surface area contributed by atoms with Gasteiger partial charge in [0.1, 0.15) is 0 Å².